The van der Waals surface area contributed by atoms with Crippen LogP contribution in [0.25, 0.3) is 0 Å². The Bertz CT molecular complexity index is 1220. The van der Waals surface area contributed by atoms with Gasteiger partial charge in [-0.1, -0.05) is 38.1 Å². The van der Waals surface area contributed by atoms with E-state index in [-0.39, 0.29) is 5.97 Å². The maximum Gasteiger partial charge on any atom is 0.339 e. The molecule has 3 aromatic carbocycles. The van der Waals surface area contributed by atoms with Crippen LogP contribution in [0.3, 0.4) is 0 Å². The first-order valence-electron chi connectivity index (χ1n) is 13.6. The maximum atomic E-state index is 12.2. The molecule has 0 heterocycles. The largest absolute Gasteiger partial charge is 0.465 e. The van der Waals surface area contributed by atoms with Crippen LogP contribution in [0.2, 0.25) is 0 Å². The molecule has 2 atom stereocenters. The van der Waals surface area contributed by atoms with Crippen molar-refractivity contribution < 1.29 is 9.53 Å². The molecular formula is C33H40N2O2. The Morgan fingerprint density at radius 1 is 0.784 bits per heavy atom. The second kappa shape index (κ2) is 10.2. The van der Waals surface area contributed by atoms with Crippen LogP contribution in [0.4, 0.5) is 22.7 Å². The van der Waals surface area contributed by atoms with Crippen molar-refractivity contribution in [3.05, 3.63) is 83.9 Å². The molecule has 2 aliphatic carbocycles. The number of rotatable bonds is 6. The standard InChI is InChI=1S/C33H40N2O2/c1-23-18-24-20-25(19-23)22-33(2,21-24)26-10-12-27(13-11-26)34(3)28-14-16-29(17-15-28)35(4)31-9-7-6-8-30(31)32(36)37-5/h6-17,23-25H,18-22H2,1-5H3. The molecule has 0 radical (unpaired) electrons. The Hall–Kier alpha value is -3.27. The van der Waals surface area contributed by atoms with Gasteiger partial charge in [-0.3, -0.25) is 0 Å². The van der Waals surface area contributed by atoms with Crippen LogP contribution in [0, 0.1) is 17.8 Å². The average molecular weight is 497 g/mol. The van der Waals surface area contributed by atoms with E-state index in [9.17, 15) is 4.79 Å². The van der Waals surface area contributed by atoms with E-state index in [0.29, 0.717) is 11.0 Å². The van der Waals surface area contributed by atoms with Gasteiger partial charge in [0.1, 0.15) is 0 Å². The fourth-order valence-electron chi connectivity index (χ4n) is 7.15. The zero-order valence-electron chi connectivity index (χ0n) is 22.9. The molecule has 0 amide bonds. The lowest BCUT2D eigenvalue weighted by atomic mass is 9.57. The molecule has 0 N–H and O–H groups in total. The molecule has 0 spiro atoms. The Morgan fingerprint density at radius 2 is 1.30 bits per heavy atom. The van der Waals surface area contributed by atoms with E-state index in [0.717, 1.165) is 34.8 Å². The molecule has 37 heavy (non-hydrogen) atoms. The topological polar surface area (TPSA) is 32.8 Å². The number of hydrogen-bond acceptors (Lipinski definition) is 4. The highest BCUT2D eigenvalue weighted by atomic mass is 16.5. The van der Waals surface area contributed by atoms with E-state index in [4.69, 9.17) is 4.74 Å². The number of carbonyl (C=O) groups excluding carboxylic acids is 1. The third-order valence-electron chi connectivity index (χ3n) is 8.86. The van der Waals surface area contributed by atoms with Crippen molar-refractivity contribution >= 4 is 28.7 Å². The van der Waals surface area contributed by atoms with E-state index >= 15 is 0 Å². The monoisotopic (exact) mass is 496 g/mol. The number of benzene rings is 3. The lowest BCUT2D eigenvalue weighted by molar-refractivity contribution is 0.0601. The third-order valence-corrected chi connectivity index (χ3v) is 8.86. The van der Waals surface area contributed by atoms with Crippen LogP contribution in [0.1, 0.15) is 61.9 Å². The molecule has 2 bridgehead atoms. The number of carbonyl (C=O) groups is 1. The van der Waals surface area contributed by atoms with Crippen molar-refractivity contribution in [3.8, 4) is 0 Å². The van der Waals surface area contributed by atoms with Gasteiger partial charge in [0.25, 0.3) is 0 Å². The molecule has 4 nitrogen and oxygen atoms in total. The van der Waals surface area contributed by atoms with Crippen LogP contribution in [0.15, 0.2) is 72.8 Å². The van der Waals surface area contributed by atoms with Crippen LogP contribution in [0.5, 0.6) is 0 Å². The SMILES string of the molecule is COC(=O)c1ccccc1N(C)c1ccc(N(C)c2ccc(C3(C)CC4CC(C)CC(C4)C3)cc2)cc1. The normalized spacial score (nSPS) is 24.8. The fourth-order valence-corrected chi connectivity index (χ4v) is 7.15. The minimum atomic E-state index is -0.331. The zero-order valence-corrected chi connectivity index (χ0v) is 22.9. The number of ether oxygens (including phenoxy) is 1. The average Bonchev–Trinajstić information content (AvgIpc) is 2.91. The number of fused-ring (bicyclic) bond motifs is 2. The smallest absolute Gasteiger partial charge is 0.339 e. The Kier molecular flexibility index (Phi) is 7.02. The number of nitrogens with zero attached hydrogens (tertiary/aromatic N) is 2. The predicted molar refractivity (Wildman–Crippen MR) is 153 cm³/mol. The second-order valence-corrected chi connectivity index (χ2v) is 11.7. The second-order valence-electron chi connectivity index (χ2n) is 11.7. The number of hydrogen-bond donors (Lipinski definition) is 0. The minimum Gasteiger partial charge on any atom is -0.465 e. The lowest BCUT2D eigenvalue weighted by Gasteiger charge is -2.47. The summed E-state index contributed by atoms with van der Waals surface area (Å²) in [6.07, 6.45) is 6.92. The number of methoxy groups -OCH3 is 1. The van der Waals surface area contributed by atoms with Gasteiger partial charge in [-0.15, -0.1) is 0 Å². The summed E-state index contributed by atoms with van der Waals surface area (Å²) in [6.45, 7) is 4.94. The lowest BCUT2D eigenvalue weighted by Crippen LogP contribution is -2.38. The molecule has 2 fully saturated rings. The van der Waals surface area contributed by atoms with Gasteiger partial charge in [-0.25, -0.2) is 4.79 Å². The van der Waals surface area contributed by atoms with Crippen molar-refractivity contribution in [2.75, 3.05) is 31.0 Å². The quantitative estimate of drug-likeness (QED) is 0.323. The van der Waals surface area contributed by atoms with Gasteiger partial charge in [0.2, 0.25) is 0 Å². The minimum absolute atomic E-state index is 0.303. The maximum absolute atomic E-state index is 12.2. The highest BCUT2D eigenvalue weighted by Gasteiger charge is 2.41. The summed E-state index contributed by atoms with van der Waals surface area (Å²) in [7, 11) is 5.51. The molecule has 2 aliphatic rings. The Morgan fingerprint density at radius 3 is 1.86 bits per heavy atom. The van der Waals surface area contributed by atoms with Gasteiger partial charge in [0, 0.05) is 31.2 Å². The van der Waals surface area contributed by atoms with E-state index in [1.807, 2.05) is 30.1 Å². The summed E-state index contributed by atoms with van der Waals surface area (Å²) in [5.74, 6) is 2.36. The molecule has 0 aromatic heterocycles. The van der Waals surface area contributed by atoms with Gasteiger partial charge in [-0.2, -0.15) is 0 Å². The van der Waals surface area contributed by atoms with Gasteiger partial charge < -0.3 is 14.5 Å². The van der Waals surface area contributed by atoms with Gasteiger partial charge >= 0.3 is 5.97 Å². The van der Waals surface area contributed by atoms with E-state index < -0.39 is 0 Å². The van der Waals surface area contributed by atoms with Crippen LogP contribution >= 0.6 is 0 Å². The Labute approximate surface area is 222 Å². The predicted octanol–water partition coefficient (Wildman–Crippen LogP) is 8.11. The van der Waals surface area contributed by atoms with Crippen molar-refractivity contribution in [3.63, 3.8) is 0 Å². The summed E-state index contributed by atoms with van der Waals surface area (Å²) in [4.78, 5) is 16.5. The van der Waals surface area contributed by atoms with Crippen LogP contribution in [-0.2, 0) is 10.2 Å². The molecule has 2 unspecified atom stereocenters. The molecule has 194 valence electrons. The third kappa shape index (κ3) is 5.12. The highest BCUT2D eigenvalue weighted by molar-refractivity contribution is 5.96. The molecule has 4 heteroatoms. The van der Waals surface area contributed by atoms with E-state index in [2.05, 4.69) is 74.3 Å². The van der Waals surface area contributed by atoms with Crippen molar-refractivity contribution in [1.82, 2.24) is 0 Å². The van der Waals surface area contributed by atoms with Gasteiger partial charge in [-0.05, 0) is 109 Å². The summed E-state index contributed by atoms with van der Waals surface area (Å²) >= 11 is 0. The Balaban J connectivity index is 1.30. The molecule has 0 aliphatic heterocycles. The van der Waals surface area contributed by atoms with Crippen molar-refractivity contribution in [2.24, 2.45) is 17.8 Å². The summed E-state index contributed by atoms with van der Waals surface area (Å²) in [5.41, 5.74) is 6.49. The fraction of sp³-hybridized carbons (Fsp3) is 0.424. The van der Waals surface area contributed by atoms with Crippen LogP contribution in [-0.4, -0.2) is 27.2 Å². The summed E-state index contributed by atoms with van der Waals surface area (Å²) < 4.78 is 4.97. The number of esters is 1. The highest BCUT2D eigenvalue weighted by Crippen LogP contribution is 2.51. The van der Waals surface area contributed by atoms with Crippen molar-refractivity contribution in [2.45, 2.75) is 51.4 Å². The first-order chi connectivity index (χ1) is 17.8. The number of para-hydroxylation sites is 1. The molecular weight excluding hydrogens is 456 g/mol. The van der Waals surface area contributed by atoms with Crippen molar-refractivity contribution in [1.29, 1.82) is 0 Å². The van der Waals surface area contributed by atoms with E-state index in [1.165, 1.54) is 50.5 Å². The van der Waals surface area contributed by atoms with E-state index in [1.54, 1.807) is 6.07 Å². The number of anilines is 4. The first-order valence-corrected chi connectivity index (χ1v) is 13.6. The summed E-state index contributed by atoms with van der Waals surface area (Å²) in [5, 5.41) is 0. The van der Waals surface area contributed by atoms with Crippen LogP contribution < -0.4 is 9.80 Å². The zero-order chi connectivity index (χ0) is 26.2. The molecule has 3 aromatic rings. The first kappa shape index (κ1) is 25.4. The molecule has 5 rings (SSSR count). The van der Waals surface area contributed by atoms with Gasteiger partial charge in [0.15, 0.2) is 0 Å². The molecule has 2 saturated carbocycles. The molecule has 0 saturated heterocycles. The summed E-state index contributed by atoms with van der Waals surface area (Å²) in [6, 6.07) is 25.3. The van der Waals surface area contributed by atoms with Gasteiger partial charge in [0.05, 0.1) is 18.4 Å².